The second kappa shape index (κ2) is 10.8. The van der Waals surface area contributed by atoms with Gasteiger partial charge in [-0.3, -0.25) is 0 Å². The van der Waals surface area contributed by atoms with Crippen molar-refractivity contribution in [2.75, 3.05) is 0 Å². The number of rotatable bonds is 3. The molecule has 1 atom stereocenters. The molecule has 37 heavy (non-hydrogen) atoms. The molecule has 0 aromatic heterocycles. The summed E-state index contributed by atoms with van der Waals surface area (Å²) in [7, 11) is 0. The molecule has 0 N–H and O–H groups in total. The van der Waals surface area contributed by atoms with Crippen LogP contribution < -0.4 is 7.74 Å². The molecule has 0 spiro atoms. The predicted molar refractivity (Wildman–Crippen MR) is 166 cm³/mol. The molecule has 0 nitrogen and oxygen atoms in total. The Balaban J connectivity index is 0.00000190. The average molecular weight is 568 g/mol. The van der Waals surface area contributed by atoms with Crippen LogP contribution in [0.3, 0.4) is 0 Å². The topological polar surface area (TPSA) is 0 Å². The van der Waals surface area contributed by atoms with E-state index >= 15 is 0 Å². The first kappa shape index (κ1) is 29.9. The van der Waals surface area contributed by atoms with Gasteiger partial charge in [-0.2, -0.15) is 0 Å². The van der Waals surface area contributed by atoms with Gasteiger partial charge in [-0.25, -0.2) is 0 Å². The van der Waals surface area contributed by atoms with Crippen LogP contribution in [0.2, 0.25) is 0 Å². The quantitative estimate of drug-likeness (QED) is 0.218. The average Bonchev–Trinajstić information content (AvgIpc) is 3.47. The minimum Gasteiger partial charge on any atom is -0.147 e. The molecule has 0 aliphatic heterocycles. The molecule has 3 heteroatoms. The molecule has 3 aromatic carbocycles. The SMILES string of the molecule is C[CH]=[Ti]([C]1=CC=CC1)([c]1ccccc1)[c]1cc(C(C)(C)C)cc2c1Cc1ccc(C(C)(C)C)cc1-2.Cl.Cl. The smallest absolute Gasteiger partial charge is 0.147 e. The predicted octanol–water partition coefficient (Wildman–Crippen LogP) is 8.47. The number of hydrogen-bond donors (Lipinski definition) is 0. The summed E-state index contributed by atoms with van der Waals surface area (Å²) >= 11 is -2.98. The van der Waals surface area contributed by atoms with Crippen LogP contribution in [0.5, 0.6) is 0 Å². The van der Waals surface area contributed by atoms with Crippen LogP contribution in [0, 0.1) is 0 Å². The van der Waals surface area contributed by atoms with E-state index in [1.54, 1.807) is 17.2 Å². The largest absolute Gasteiger partial charge is 0.147 e. The van der Waals surface area contributed by atoms with Crippen LogP contribution in [-0.4, -0.2) is 4.31 Å². The first-order chi connectivity index (χ1) is 16.6. The zero-order chi connectivity index (χ0) is 25.0. The molecule has 2 aliphatic carbocycles. The fraction of sp³-hybridized carbons (Fsp3) is 0.324. The summed E-state index contributed by atoms with van der Waals surface area (Å²) in [5.74, 6) is 0. The van der Waals surface area contributed by atoms with Crippen molar-refractivity contribution in [1.82, 2.24) is 0 Å². The Hall–Kier alpha value is -1.70. The van der Waals surface area contributed by atoms with E-state index in [9.17, 15) is 0 Å². The minimum absolute atomic E-state index is 0. The summed E-state index contributed by atoms with van der Waals surface area (Å²) in [6, 6.07) is 23.8. The number of benzene rings is 3. The van der Waals surface area contributed by atoms with Gasteiger partial charge >= 0.3 is 216 Å². The van der Waals surface area contributed by atoms with Gasteiger partial charge in [0, 0.05) is 0 Å². The zero-order valence-electron chi connectivity index (χ0n) is 23.3. The Labute approximate surface area is 240 Å². The van der Waals surface area contributed by atoms with Gasteiger partial charge in [0.15, 0.2) is 0 Å². The first-order valence-electron chi connectivity index (χ1n) is 13.1. The summed E-state index contributed by atoms with van der Waals surface area (Å²) in [6.07, 6.45) is 9.18. The third-order valence-corrected chi connectivity index (χ3v) is 15.6. The molecule has 0 radical (unpaired) electrons. The number of allylic oxidation sites excluding steroid dienone is 4. The zero-order valence-corrected chi connectivity index (χ0v) is 26.5. The Morgan fingerprint density at radius 3 is 1.97 bits per heavy atom. The van der Waals surface area contributed by atoms with Gasteiger partial charge in [0.25, 0.3) is 0 Å². The Bertz CT molecular complexity index is 1410. The van der Waals surface area contributed by atoms with Gasteiger partial charge in [0.05, 0.1) is 0 Å². The maximum atomic E-state index is 2.64. The van der Waals surface area contributed by atoms with Gasteiger partial charge in [0.2, 0.25) is 0 Å². The second-order valence-corrected chi connectivity index (χ2v) is 18.6. The van der Waals surface area contributed by atoms with Crippen LogP contribution in [0.25, 0.3) is 11.1 Å². The molecule has 195 valence electrons. The molecule has 0 bridgehead atoms. The van der Waals surface area contributed by atoms with Crippen LogP contribution in [0.4, 0.5) is 0 Å². The molecule has 1 unspecified atom stereocenters. The number of hydrogen-bond acceptors (Lipinski definition) is 0. The van der Waals surface area contributed by atoms with E-state index in [2.05, 4.69) is 132 Å². The maximum Gasteiger partial charge on any atom is -0.147 e. The standard InChI is InChI=1S/C21H25.C6H5.C5H5.C2H4.2ClH.Ti/c1-20(2,3)16-9-7-14-11-15-8-10-17(21(4,5)6)13-19(15)18(14)12-16;1-2-4-6-5-3-1;1-2-4-5-3-1;1-2;;;/h7,9-10,12-13H,11H2,1-6H3;1-5H;1-3H,4H2;1H,2H3;2*1H;. The van der Waals surface area contributed by atoms with Gasteiger partial charge in [0.1, 0.15) is 0 Å². The third kappa shape index (κ3) is 5.16. The van der Waals surface area contributed by atoms with Crippen molar-refractivity contribution in [3.05, 3.63) is 105 Å². The van der Waals surface area contributed by atoms with Crippen LogP contribution in [0.15, 0.2) is 82.8 Å². The fourth-order valence-electron chi connectivity index (χ4n) is 5.99. The van der Waals surface area contributed by atoms with Gasteiger partial charge in [-0.1, -0.05) is 0 Å². The van der Waals surface area contributed by atoms with Crippen molar-refractivity contribution < 1.29 is 16.1 Å². The molecule has 0 saturated carbocycles. The number of fused-ring (bicyclic) bond motifs is 3. The molecular weight excluding hydrogens is 527 g/mol. The van der Waals surface area contributed by atoms with E-state index in [1.165, 1.54) is 27.8 Å². The Morgan fingerprint density at radius 2 is 1.41 bits per heavy atom. The van der Waals surface area contributed by atoms with Crippen LogP contribution in [0.1, 0.15) is 77.1 Å². The van der Waals surface area contributed by atoms with E-state index in [0.29, 0.717) is 0 Å². The summed E-state index contributed by atoms with van der Waals surface area (Å²) in [5, 5.41) is 0. The van der Waals surface area contributed by atoms with E-state index in [4.69, 9.17) is 0 Å². The first-order valence-corrected chi connectivity index (χ1v) is 16.3. The third-order valence-electron chi connectivity index (χ3n) is 8.11. The van der Waals surface area contributed by atoms with Gasteiger partial charge in [-0.05, 0) is 0 Å². The van der Waals surface area contributed by atoms with E-state index in [1.807, 2.05) is 0 Å². The van der Waals surface area contributed by atoms with E-state index < -0.39 is 16.1 Å². The van der Waals surface area contributed by atoms with Crippen molar-refractivity contribution >= 4 is 36.9 Å². The molecule has 5 rings (SSSR count). The molecule has 2 aliphatic rings. The fourth-order valence-corrected chi connectivity index (χ4v) is 13.2. The Morgan fingerprint density at radius 1 is 0.757 bits per heavy atom. The molecule has 0 fully saturated rings. The monoisotopic (exact) mass is 567 g/mol. The van der Waals surface area contributed by atoms with Gasteiger partial charge < -0.3 is 0 Å². The summed E-state index contributed by atoms with van der Waals surface area (Å²) in [5.41, 5.74) is 9.12. The summed E-state index contributed by atoms with van der Waals surface area (Å²) < 4.78 is 7.48. The van der Waals surface area contributed by atoms with Crippen molar-refractivity contribution in [1.29, 1.82) is 0 Å². The normalized spacial score (nSPS) is 15.6. The molecule has 0 saturated heterocycles. The van der Waals surface area contributed by atoms with Crippen molar-refractivity contribution in [2.45, 2.75) is 72.1 Å². The maximum absolute atomic E-state index is 2.98. The van der Waals surface area contributed by atoms with E-state index in [0.717, 1.165) is 12.8 Å². The van der Waals surface area contributed by atoms with Crippen molar-refractivity contribution in [3.63, 3.8) is 0 Å². The van der Waals surface area contributed by atoms with Crippen LogP contribution in [-0.2, 0) is 33.4 Å². The summed E-state index contributed by atoms with van der Waals surface area (Å²) in [6.45, 7) is 16.4. The van der Waals surface area contributed by atoms with Gasteiger partial charge in [-0.15, -0.1) is 24.8 Å². The van der Waals surface area contributed by atoms with Crippen molar-refractivity contribution in [3.8, 4) is 11.1 Å². The molecular formula is C34H41Cl2Ti. The number of halogens is 2. The molecule has 3 aromatic rings. The second-order valence-electron chi connectivity index (χ2n) is 12.4. The van der Waals surface area contributed by atoms with E-state index in [-0.39, 0.29) is 35.6 Å². The molecule has 0 amide bonds. The molecule has 0 heterocycles. The minimum atomic E-state index is -2.98. The van der Waals surface area contributed by atoms with Crippen molar-refractivity contribution in [2.24, 2.45) is 0 Å². The van der Waals surface area contributed by atoms with Crippen LogP contribution >= 0.6 is 24.8 Å². The summed E-state index contributed by atoms with van der Waals surface area (Å²) in [4.78, 5) is 0. The Kier molecular flexibility index (Phi) is 8.73.